The first-order chi connectivity index (χ1) is 4.89. The van der Waals surface area contributed by atoms with Crippen LogP contribution in [-0.2, 0) is 0 Å². The second-order valence-corrected chi connectivity index (χ2v) is 1.62. The lowest BCUT2D eigenvalue weighted by Crippen LogP contribution is -2.45. The molecule has 11 heavy (non-hydrogen) atoms. The minimum absolute atomic E-state index is 0.0198. The molecule has 0 spiro atoms. The fraction of sp³-hybridized carbons (Fsp3) is 0.750. The van der Waals surface area contributed by atoms with Crippen molar-refractivity contribution in [1.29, 1.82) is 0 Å². The van der Waals surface area contributed by atoms with Crippen molar-refractivity contribution >= 4 is 6.03 Å². The van der Waals surface area contributed by atoms with Crippen molar-refractivity contribution in [1.82, 2.24) is 10.4 Å². The molecule has 2 amide bonds. The summed E-state index contributed by atoms with van der Waals surface area (Å²) in [4.78, 5) is 10.2. The molecule has 0 fully saturated rings. The summed E-state index contributed by atoms with van der Waals surface area (Å²) in [6.45, 7) is 1.45. The fourth-order valence-corrected chi connectivity index (χ4v) is 0.341. The Bertz CT molecular complexity index is 147. The third kappa shape index (κ3) is 3.08. The predicted molar refractivity (Wildman–Crippen MR) is 28.8 cm³/mol. The summed E-state index contributed by atoms with van der Waals surface area (Å²) in [6, 6.07) is -1.58. The van der Waals surface area contributed by atoms with E-state index in [-0.39, 0.29) is 6.54 Å². The highest BCUT2D eigenvalue weighted by molar-refractivity contribution is 5.72. The zero-order valence-corrected chi connectivity index (χ0v) is 5.64. The van der Waals surface area contributed by atoms with Gasteiger partial charge in [0.15, 0.2) is 0 Å². The third-order valence-electron chi connectivity index (χ3n) is 0.761. The Balaban J connectivity index is 4.03. The van der Waals surface area contributed by atoms with Crippen molar-refractivity contribution in [2.45, 2.75) is 13.2 Å². The number of nitrogens with one attached hydrogen (secondary N) is 1. The van der Waals surface area contributed by atoms with Gasteiger partial charge in [-0.3, -0.25) is 5.21 Å². The van der Waals surface area contributed by atoms with Gasteiger partial charge in [0.1, 0.15) is 0 Å². The highest BCUT2D eigenvalue weighted by atomic mass is 19.4. The Morgan fingerprint density at radius 2 is 2.09 bits per heavy atom. The highest BCUT2D eigenvalue weighted by Gasteiger charge is 2.40. The molecule has 0 bridgehead atoms. The number of amides is 2. The predicted octanol–water partition coefficient (Wildman–Crippen LogP) is 0.927. The molecule has 0 atom stereocenters. The number of hydrogen-bond acceptors (Lipinski definition) is 2. The van der Waals surface area contributed by atoms with E-state index in [1.54, 1.807) is 5.32 Å². The van der Waals surface area contributed by atoms with Gasteiger partial charge in [0, 0.05) is 6.54 Å². The second kappa shape index (κ2) is 3.42. The van der Waals surface area contributed by atoms with Crippen LogP contribution in [0.1, 0.15) is 6.92 Å². The highest BCUT2D eigenvalue weighted by Crippen LogP contribution is 2.18. The fourth-order valence-electron chi connectivity index (χ4n) is 0.341. The maximum absolute atomic E-state index is 11.4. The van der Waals surface area contributed by atoms with Crippen LogP contribution in [0.4, 0.5) is 18.0 Å². The molecule has 0 aromatic rings. The van der Waals surface area contributed by atoms with Crippen molar-refractivity contribution < 1.29 is 23.2 Å². The standard InChI is InChI=1S/C4H7F3N2O2/c1-2-8-3(10)9(11)4(5,6)7/h11H,2H2,1H3,(H,8,10). The van der Waals surface area contributed by atoms with E-state index < -0.39 is 17.4 Å². The van der Waals surface area contributed by atoms with Crippen LogP contribution >= 0.6 is 0 Å². The van der Waals surface area contributed by atoms with E-state index in [1.807, 2.05) is 0 Å². The van der Waals surface area contributed by atoms with Crippen molar-refractivity contribution in [2.24, 2.45) is 0 Å². The average molecular weight is 172 g/mol. The monoisotopic (exact) mass is 172 g/mol. The van der Waals surface area contributed by atoms with Crippen LogP contribution in [0.3, 0.4) is 0 Å². The van der Waals surface area contributed by atoms with E-state index in [0.29, 0.717) is 0 Å². The summed E-state index contributed by atoms with van der Waals surface area (Å²) in [7, 11) is 0. The van der Waals surface area contributed by atoms with Gasteiger partial charge in [0.05, 0.1) is 0 Å². The second-order valence-electron chi connectivity index (χ2n) is 1.62. The first-order valence-electron chi connectivity index (χ1n) is 2.73. The SMILES string of the molecule is CCNC(=O)N(O)C(F)(F)F. The van der Waals surface area contributed by atoms with Gasteiger partial charge in [-0.05, 0) is 6.92 Å². The van der Waals surface area contributed by atoms with Gasteiger partial charge in [0.25, 0.3) is 0 Å². The summed E-state index contributed by atoms with van der Waals surface area (Å²) in [5.74, 6) is 0. The molecular weight excluding hydrogens is 165 g/mol. The first kappa shape index (κ1) is 10.0. The zero-order chi connectivity index (χ0) is 9.07. The number of rotatable bonds is 1. The number of hydrogen-bond donors (Lipinski definition) is 2. The molecule has 2 N–H and O–H groups in total. The molecule has 0 aliphatic heterocycles. The smallest absolute Gasteiger partial charge is 0.336 e. The molecule has 0 aliphatic carbocycles. The first-order valence-corrected chi connectivity index (χ1v) is 2.73. The Morgan fingerprint density at radius 3 is 2.36 bits per heavy atom. The molecule has 0 rings (SSSR count). The Kier molecular flexibility index (Phi) is 3.12. The number of alkyl halides is 3. The van der Waals surface area contributed by atoms with Crippen molar-refractivity contribution in [3.63, 3.8) is 0 Å². The molecule has 0 heterocycles. The van der Waals surface area contributed by atoms with Crippen molar-refractivity contribution in [3.05, 3.63) is 0 Å². The topological polar surface area (TPSA) is 52.6 Å². The summed E-state index contributed by atoms with van der Waals surface area (Å²) < 4.78 is 34.3. The van der Waals surface area contributed by atoms with Crippen LogP contribution in [0.2, 0.25) is 0 Å². The molecule has 66 valence electrons. The van der Waals surface area contributed by atoms with Crippen LogP contribution in [0.25, 0.3) is 0 Å². The van der Waals surface area contributed by atoms with E-state index in [0.717, 1.165) is 0 Å². The van der Waals surface area contributed by atoms with E-state index in [2.05, 4.69) is 0 Å². The van der Waals surface area contributed by atoms with Crippen LogP contribution in [0, 0.1) is 0 Å². The third-order valence-corrected chi connectivity index (χ3v) is 0.761. The largest absolute Gasteiger partial charge is 0.512 e. The summed E-state index contributed by atoms with van der Waals surface area (Å²) in [6.07, 6.45) is -5.04. The van der Waals surface area contributed by atoms with Gasteiger partial charge in [-0.1, -0.05) is 0 Å². The van der Waals surface area contributed by atoms with Gasteiger partial charge in [-0.25, -0.2) is 4.79 Å². The lowest BCUT2D eigenvalue weighted by atomic mass is 10.7. The van der Waals surface area contributed by atoms with E-state index in [9.17, 15) is 18.0 Å². The molecule has 0 aromatic heterocycles. The van der Waals surface area contributed by atoms with Gasteiger partial charge in [0.2, 0.25) is 0 Å². The Morgan fingerprint density at radius 1 is 1.64 bits per heavy atom. The molecule has 0 unspecified atom stereocenters. The quantitative estimate of drug-likeness (QED) is 0.351. The normalized spacial score (nSPS) is 11.0. The van der Waals surface area contributed by atoms with Crippen molar-refractivity contribution in [2.75, 3.05) is 6.54 Å². The minimum Gasteiger partial charge on any atom is -0.336 e. The molecule has 0 aliphatic rings. The van der Waals surface area contributed by atoms with Gasteiger partial charge in [-0.15, -0.1) is 18.2 Å². The average Bonchev–Trinajstić information content (AvgIpc) is 1.85. The summed E-state index contributed by atoms with van der Waals surface area (Å²) in [5, 5.41) is 8.54. The number of halogens is 3. The molecular formula is C4H7F3N2O2. The van der Waals surface area contributed by atoms with Gasteiger partial charge in [-0.2, -0.15) is 0 Å². The van der Waals surface area contributed by atoms with Gasteiger partial charge >= 0.3 is 12.3 Å². The lowest BCUT2D eigenvalue weighted by molar-refractivity contribution is -0.320. The summed E-state index contributed by atoms with van der Waals surface area (Å²) >= 11 is 0. The summed E-state index contributed by atoms with van der Waals surface area (Å²) in [5.41, 5.74) is 0. The van der Waals surface area contributed by atoms with E-state index in [4.69, 9.17) is 5.21 Å². The van der Waals surface area contributed by atoms with Crippen LogP contribution in [-0.4, -0.2) is 29.1 Å². The Labute approximate surface area is 60.6 Å². The lowest BCUT2D eigenvalue weighted by Gasteiger charge is -2.16. The molecule has 0 aromatic carbocycles. The van der Waals surface area contributed by atoms with E-state index in [1.165, 1.54) is 6.92 Å². The van der Waals surface area contributed by atoms with Crippen LogP contribution in [0.5, 0.6) is 0 Å². The number of urea groups is 1. The Hall–Kier alpha value is -0.980. The molecule has 0 saturated heterocycles. The molecule has 0 radical (unpaired) electrons. The number of nitrogens with zero attached hydrogens (tertiary/aromatic N) is 1. The van der Waals surface area contributed by atoms with Crippen molar-refractivity contribution in [3.8, 4) is 0 Å². The molecule has 4 nitrogen and oxygen atoms in total. The van der Waals surface area contributed by atoms with E-state index >= 15 is 0 Å². The molecule has 0 saturated carbocycles. The maximum Gasteiger partial charge on any atom is 0.512 e. The molecule has 7 heteroatoms. The number of carbonyl (C=O) groups excluding carboxylic acids is 1. The number of carbonyl (C=O) groups is 1. The van der Waals surface area contributed by atoms with Crippen LogP contribution in [0.15, 0.2) is 0 Å². The zero-order valence-electron chi connectivity index (χ0n) is 5.64. The number of hydroxylamine groups is 2. The minimum atomic E-state index is -5.04. The van der Waals surface area contributed by atoms with Crippen LogP contribution < -0.4 is 5.32 Å². The van der Waals surface area contributed by atoms with Gasteiger partial charge < -0.3 is 5.32 Å². The maximum atomic E-state index is 11.4.